The summed E-state index contributed by atoms with van der Waals surface area (Å²) in [6, 6.07) is 1.78. The minimum atomic E-state index is -0.596. The first-order valence-corrected chi connectivity index (χ1v) is 4.17. The number of rotatable bonds is 1. The quantitative estimate of drug-likeness (QED) is 0.481. The first-order chi connectivity index (χ1) is 7.26. The second-order valence-electron chi connectivity index (χ2n) is 2.38. The van der Waals surface area contributed by atoms with E-state index in [4.69, 9.17) is 5.26 Å². The van der Waals surface area contributed by atoms with Crippen molar-refractivity contribution in [3.8, 4) is 17.9 Å². The van der Waals surface area contributed by atoms with Crippen LogP contribution in [0, 0.1) is 23.2 Å². The molecule has 0 aliphatic heterocycles. The number of nitriles is 1. The molecule has 0 aliphatic rings. The van der Waals surface area contributed by atoms with E-state index in [1.165, 1.54) is 12.4 Å². The summed E-state index contributed by atoms with van der Waals surface area (Å²) in [6.07, 6.45) is 2.75. The van der Waals surface area contributed by atoms with E-state index in [2.05, 4.69) is 26.5 Å². The number of aromatic nitrogens is 2. The van der Waals surface area contributed by atoms with E-state index >= 15 is 0 Å². The van der Waals surface area contributed by atoms with Crippen molar-refractivity contribution in [3.63, 3.8) is 0 Å². The number of hydrogen-bond donors (Lipinski definition) is 0. The zero-order valence-electron chi connectivity index (χ0n) is 8.02. The Balaban J connectivity index is 2.73. The van der Waals surface area contributed by atoms with Crippen molar-refractivity contribution in [1.29, 1.82) is 5.26 Å². The molecule has 74 valence electrons. The monoisotopic (exact) mass is 201 g/mol. The maximum absolute atomic E-state index is 10.9. The Kier molecular flexibility index (Phi) is 3.81. The molecule has 0 radical (unpaired) electrons. The first-order valence-electron chi connectivity index (χ1n) is 4.17. The summed E-state index contributed by atoms with van der Waals surface area (Å²) in [5.41, 5.74) is 0.460. The van der Waals surface area contributed by atoms with Gasteiger partial charge in [-0.05, 0) is 6.92 Å². The van der Waals surface area contributed by atoms with E-state index in [1.54, 1.807) is 13.0 Å². The van der Waals surface area contributed by atoms with Gasteiger partial charge in [-0.3, -0.25) is 0 Å². The van der Waals surface area contributed by atoms with Gasteiger partial charge in [-0.2, -0.15) is 5.26 Å². The van der Waals surface area contributed by atoms with E-state index < -0.39 is 5.97 Å². The Hall–Kier alpha value is -2.40. The molecule has 0 fully saturated rings. The maximum atomic E-state index is 10.9. The number of esters is 1. The lowest BCUT2D eigenvalue weighted by atomic mass is 10.3. The van der Waals surface area contributed by atoms with Gasteiger partial charge in [0.1, 0.15) is 6.07 Å². The number of hydrogen-bond acceptors (Lipinski definition) is 5. The van der Waals surface area contributed by atoms with E-state index in [0.717, 1.165) is 0 Å². The molecular formula is C10H7N3O2. The van der Waals surface area contributed by atoms with Crippen LogP contribution in [-0.2, 0) is 9.53 Å². The molecule has 0 unspecified atom stereocenters. The summed E-state index contributed by atoms with van der Waals surface area (Å²) in [7, 11) is 0. The van der Waals surface area contributed by atoms with Crippen LogP contribution >= 0.6 is 0 Å². The van der Waals surface area contributed by atoms with E-state index in [0.29, 0.717) is 5.56 Å². The molecule has 0 saturated carbocycles. The molecule has 1 aromatic rings. The molecule has 1 rings (SSSR count). The molecule has 0 aromatic carbocycles. The molecular weight excluding hydrogens is 194 g/mol. The molecule has 15 heavy (non-hydrogen) atoms. The second-order valence-corrected chi connectivity index (χ2v) is 2.38. The molecule has 0 saturated heterocycles. The Bertz CT molecular complexity index is 448. The fourth-order valence-electron chi connectivity index (χ4n) is 0.741. The molecule has 0 bridgehead atoms. The Morgan fingerprint density at radius 1 is 1.53 bits per heavy atom. The highest BCUT2D eigenvalue weighted by molar-refractivity contribution is 5.89. The van der Waals surface area contributed by atoms with Crippen LogP contribution in [0.3, 0.4) is 0 Å². The predicted octanol–water partition coefficient (Wildman–Crippen LogP) is 0.263. The van der Waals surface area contributed by atoms with Gasteiger partial charge in [0.15, 0.2) is 0 Å². The third-order valence-corrected chi connectivity index (χ3v) is 1.34. The smallest absolute Gasteiger partial charge is 0.384 e. The van der Waals surface area contributed by atoms with Gasteiger partial charge in [-0.15, -0.1) is 0 Å². The third kappa shape index (κ3) is 3.45. The molecule has 1 heterocycles. The summed E-state index contributed by atoms with van der Waals surface area (Å²) in [4.78, 5) is 18.2. The maximum Gasteiger partial charge on any atom is 0.384 e. The topological polar surface area (TPSA) is 75.9 Å². The van der Waals surface area contributed by atoms with Gasteiger partial charge in [0, 0.05) is 18.3 Å². The lowest BCUT2D eigenvalue weighted by molar-refractivity contribution is -0.136. The predicted molar refractivity (Wildman–Crippen MR) is 50.3 cm³/mol. The zero-order chi connectivity index (χ0) is 11.1. The van der Waals surface area contributed by atoms with Crippen molar-refractivity contribution in [2.75, 3.05) is 6.61 Å². The van der Waals surface area contributed by atoms with E-state index in [9.17, 15) is 4.79 Å². The SMILES string of the molecule is CCOC(=O)C#Cc1cnc(C#N)nc1. The third-order valence-electron chi connectivity index (χ3n) is 1.34. The van der Waals surface area contributed by atoms with Crippen LogP contribution in [0.2, 0.25) is 0 Å². The molecule has 0 N–H and O–H groups in total. The number of carbonyl (C=O) groups is 1. The molecule has 5 heteroatoms. The van der Waals surface area contributed by atoms with Crippen molar-refractivity contribution in [1.82, 2.24) is 9.97 Å². The molecule has 0 atom stereocenters. The van der Waals surface area contributed by atoms with Crippen LogP contribution in [0.5, 0.6) is 0 Å². The summed E-state index contributed by atoms with van der Waals surface area (Å²) in [5, 5.41) is 8.43. The average Bonchev–Trinajstić information content (AvgIpc) is 2.27. The summed E-state index contributed by atoms with van der Waals surface area (Å²) in [5.74, 6) is 4.26. The number of carbonyl (C=O) groups excluding carboxylic acids is 1. The van der Waals surface area contributed by atoms with Gasteiger partial charge in [-0.25, -0.2) is 14.8 Å². The van der Waals surface area contributed by atoms with Crippen molar-refractivity contribution >= 4 is 5.97 Å². The number of nitrogens with zero attached hydrogens (tertiary/aromatic N) is 3. The number of ether oxygens (including phenoxy) is 1. The summed E-state index contributed by atoms with van der Waals surface area (Å²) in [6.45, 7) is 1.99. The molecule has 5 nitrogen and oxygen atoms in total. The lowest BCUT2D eigenvalue weighted by Crippen LogP contribution is -1.99. The molecule has 0 amide bonds. The summed E-state index contributed by atoms with van der Waals surface area (Å²) >= 11 is 0. The largest absolute Gasteiger partial charge is 0.456 e. The van der Waals surface area contributed by atoms with Gasteiger partial charge in [0.2, 0.25) is 5.82 Å². The van der Waals surface area contributed by atoms with Crippen LogP contribution in [0.15, 0.2) is 12.4 Å². The highest BCUT2D eigenvalue weighted by Gasteiger charge is 1.95. The van der Waals surface area contributed by atoms with Crippen LogP contribution in [-0.4, -0.2) is 22.5 Å². The standard InChI is InChI=1S/C10H7N3O2/c1-2-15-10(14)4-3-8-6-12-9(5-11)13-7-8/h6-7H,2H2,1H3. The van der Waals surface area contributed by atoms with Crippen molar-refractivity contribution < 1.29 is 9.53 Å². The van der Waals surface area contributed by atoms with Crippen LogP contribution in [0.1, 0.15) is 18.3 Å². The van der Waals surface area contributed by atoms with Crippen molar-refractivity contribution in [2.24, 2.45) is 0 Å². The fourth-order valence-corrected chi connectivity index (χ4v) is 0.741. The van der Waals surface area contributed by atoms with Gasteiger partial charge in [0.05, 0.1) is 12.2 Å². The molecule has 0 aliphatic carbocycles. The minimum Gasteiger partial charge on any atom is -0.456 e. The van der Waals surface area contributed by atoms with Crippen LogP contribution in [0.4, 0.5) is 0 Å². The van der Waals surface area contributed by atoms with Crippen LogP contribution < -0.4 is 0 Å². The van der Waals surface area contributed by atoms with Crippen molar-refractivity contribution in [2.45, 2.75) is 6.92 Å². The zero-order valence-corrected chi connectivity index (χ0v) is 8.02. The van der Waals surface area contributed by atoms with Gasteiger partial charge >= 0.3 is 5.97 Å². The Morgan fingerprint density at radius 3 is 2.73 bits per heavy atom. The second kappa shape index (κ2) is 5.36. The highest BCUT2D eigenvalue weighted by Crippen LogP contribution is 1.92. The molecule has 1 aromatic heterocycles. The normalized spacial score (nSPS) is 8.27. The lowest BCUT2D eigenvalue weighted by Gasteiger charge is -1.91. The van der Waals surface area contributed by atoms with E-state index in [-0.39, 0.29) is 12.4 Å². The highest BCUT2D eigenvalue weighted by atomic mass is 16.5. The Morgan fingerprint density at radius 2 is 2.20 bits per heavy atom. The average molecular weight is 201 g/mol. The Labute approximate surface area is 86.7 Å². The van der Waals surface area contributed by atoms with Crippen molar-refractivity contribution in [3.05, 3.63) is 23.8 Å². The van der Waals surface area contributed by atoms with E-state index in [1.807, 2.05) is 0 Å². The molecule has 0 spiro atoms. The summed E-state index contributed by atoms with van der Waals surface area (Å²) < 4.78 is 4.60. The fraction of sp³-hybridized carbons (Fsp3) is 0.200. The van der Waals surface area contributed by atoms with Gasteiger partial charge in [-0.1, -0.05) is 5.92 Å². The van der Waals surface area contributed by atoms with Gasteiger partial charge < -0.3 is 4.74 Å². The first kappa shape index (κ1) is 10.7. The minimum absolute atomic E-state index is 0.0664. The van der Waals surface area contributed by atoms with Gasteiger partial charge in [0.25, 0.3) is 0 Å². The van der Waals surface area contributed by atoms with Crippen LogP contribution in [0.25, 0.3) is 0 Å².